The van der Waals surface area contributed by atoms with Crippen molar-refractivity contribution in [3.05, 3.63) is 18.0 Å². The molecular formula is C15H25N5O. The van der Waals surface area contributed by atoms with Crippen LogP contribution in [0.3, 0.4) is 0 Å². The lowest BCUT2D eigenvalue weighted by atomic mass is 10.1. The fraction of sp³-hybridized carbons (Fsp3) is 0.733. The van der Waals surface area contributed by atoms with Crippen molar-refractivity contribution in [1.29, 1.82) is 0 Å². The number of hydrogen-bond donors (Lipinski definition) is 2. The van der Waals surface area contributed by atoms with E-state index in [4.69, 9.17) is 0 Å². The van der Waals surface area contributed by atoms with Crippen LogP contribution < -0.4 is 5.32 Å². The number of piperidine rings is 1. The molecule has 0 spiro atoms. The Bertz CT molecular complexity index is 441. The summed E-state index contributed by atoms with van der Waals surface area (Å²) >= 11 is 0. The van der Waals surface area contributed by atoms with Gasteiger partial charge in [0.25, 0.3) is 0 Å². The third-order valence-electron chi connectivity index (χ3n) is 4.60. The van der Waals surface area contributed by atoms with Gasteiger partial charge in [-0.25, -0.2) is 4.79 Å². The number of rotatable bonds is 4. The molecule has 0 saturated carbocycles. The lowest BCUT2D eigenvalue weighted by Gasteiger charge is -2.32. The molecule has 1 aromatic heterocycles. The molecule has 0 aliphatic carbocycles. The molecule has 3 heterocycles. The predicted octanol–water partition coefficient (Wildman–Crippen LogP) is 1.22. The van der Waals surface area contributed by atoms with Crippen molar-refractivity contribution in [2.24, 2.45) is 0 Å². The average Bonchev–Trinajstić information content (AvgIpc) is 3.20. The topological polar surface area (TPSA) is 64.3 Å². The summed E-state index contributed by atoms with van der Waals surface area (Å²) in [4.78, 5) is 16.7. The molecule has 116 valence electrons. The van der Waals surface area contributed by atoms with Gasteiger partial charge in [-0.1, -0.05) is 6.42 Å². The Morgan fingerprint density at radius 2 is 2.19 bits per heavy atom. The summed E-state index contributed by atoms with van der Waals surface area (Å²) in [7, 11) is 0. The van der Waals surface area contributed by atoms with Crippen LogP contribution in [0.5, 0.6) is 0 Å². The Hall–Kier alpha value is -1.56. The summed E-state index contributed by atoms with van der Waals surface area (Å²) in [6.07, 6.45) is 9.60. The summed E-state index contributed by atoms with van der Waals surface area (Å²) < 4.78 is 0. The van der Waals surface area contributed by atoms with Crippen molar-refractivity contribution in [1.82, 2.24) is 25.3 Å². The second kappa shape index (κ2) is 6.93. The number of aromatic nitrogens is 2. The minimum absolute atomic E-state index is 0.0815. The van der Waals surface area contributed by atoms with Crippen molar-refractivity contribution < 1.29 is 4.79 Å². The first-order valence-corrected chi connectivity index (χ1v) is 8.07. The van der Waals surface area contributed by atoms with Gasteiger partial charge in [0.05, 0.1) is 6.20 Å². The van der Waals surface area contributed by atoms with Crippen LogP contribution in [0.15, 0.2) is 12.4 Å². The van der Waals surface area contributed by atoms with Crippen LogP contribution in [-0.4, -0.2) is 64.8 Å². The number of H-pyrrole nitrogens is 1. The van der Waals surface area contributed by atoms with E-state index in [9.17, 15) is 4.79 Å². The molecule has 0 unspecified atom stereocenters. The highest BCUT2D eigenvalue weighted by Crippen LogP contribution is 2.20. The minimum Gasteiger partial charge on any atom is -0.338 e. The number of urea groups is 1. The van der Waals surface area contributed by atoms with E-state index < -0.39 is 0 Å². The average molecular weight is 291 g/mol. The fourth-order valence-electron chi connectivity index (χ4n) is 3.35. The molecule has 2 amide bonds. The highest BCUT2D eigenvalue weighted by Gasteiger charge is 2.30. The van der Waals surface area contributed by atoms with E-state index in [2.05, 4.69) is 20.4 Å². The van der Waals surface area contributed by atoms with Gasteiger partial charge in [-0.3, -0.25) is 10.00 Å². The van der Waals surface area contributed by atoms with E-state index in [0.717, 1.165) is 31.5 Å². The molecule has 1 atom stereocenters. The first-order chi connectivity index (χ1) is 10.3. The number of nitrogens with zero attached hydrogens (tertiary/aromatic N) is 3. The maximum absolute atomic E-state index is 12.2. The van der Waals surface area contributed by atoms with Gasteiger partial charge in [0, 0.05) is 31.9 Å². The summed E-state index contributed by atoms with van der Waals surface area (Å²) in [5.41, 5.74) is 1.13. The van der Waals surface area contributed by atoms with Crippen molar-refractivity contribution in [2.45, 2.75) is 38.1 Å². The third-order valence-corrected chi connectivity index (χ3v) is 4.60. The monoisotopic (exact) mass is 291 g/mol. The molecule has 6 heteroatoms. The van der Waals surface area contributed by atoms with Gasteiger partial charge in [-0.2, -0.15) is 5.10 Å². The Balaban J connectivity index is 1.39. The van der Waals surface area contributed by atoms with Crippen molar-refractivity contribution >= 4 is 6.03 Å². The molecule has 2 aliphatic rings. The second-order valence-corrected chi connectivity index (χ2v) is 6.07. The van der Waals surface area contributed by atoms with E-state index in [1.54, 1.807) is 6.20 Å². The van der Waals surface area contributed by atoms with E-state index in [1.165, 1.54) is 32.4 Å². The Morgan fingerprint density at radius 1 is 1.33 bits per heavy atom. The lowest BCUT2D eigenvalue weighted by Crippen LogP contribution is -2.44. The summed E-state index contributed by atoms with van der Waals surface area (Å²) in [5.74, 6) is 0. The molecule has 21 heavy (non-hydrogen) atoms. The van der Waals surface area contributed by atoms with Gasteiger partial charge in [-0.05, 0) is 44.3 Å². The van der Waals surface area contributed by atoms with Gasteiger partial charge < -0.3 is 10.2 Å². The van der Waals surface area contributed by atoms with E-state index in [1.807, 2.05) is 11.1 Å². The molecule has 0 aromatic carbocycles. The van der Waals surface area contributed by atoms with Crippen molar-refractivity contribution in [3.8, 4) is 0 Å². The molecule has 3 rings (SSSR count). The standard InChI is InChI=1S/C15H25N5O/c21-15(16-6-4-13-10-17-18-11-13)20-9-5-14(12-20)19-7-2-1-3-8-19/h10-11,14H,1-9,12H2,(H,16,21)(H,17,18)/t14-/m0/s1. The maximum Gasteiger partial charge on any atom is 0.317 e. The first kappa shape index (κ1) is 14.4. The molecule has 2 fully saturated rings. The van der Waals surface area contributed by atoms with E-state index in [0.29, 0.717) is 12.6 Å². The smallest absolute Gasteiger partial charge is 0.317 e. The van der Waals surface area contributed by atoms with Gasteiger partial charge in [0.2, 0.25) is 0 Å². The third kappa shape index (κ3) is 3.75. The number of aromatic amines is 1. The molecule has 0 radical (unpaired) electrons. The van der Waals surface area contributed by atoms with Gasteiger partial charge >= 0.3 is 6.03 Å². The van der Waals surface area contributed by atoms with Crippen LogP contribution in [0, 0.1) is 0 Å². The van der Waals surface area contributed by atoms with Crippen LogP contribution in [0.2, 0.25) is 0 Å². The molecular weight excluding hydrogens is 266 g/mol. The first-order valence-electron chi connectivity index (χ1n) is 8.07. The number of carbonyl (C=O) groups is 1. The minimum atomic E-state index is 0.0815. The van der Waals surface area contributed by atoms with Gasteiger partial charge in [0.15, 0.2) is 0 Å². The van der Waals surface area contributed by atoms with Gasteiger partial charge in [-0.15, -0.1) is 0 Å². The SMILES string of the molecule is O=C(NCCc1cn[nH]c1)N1CC[C@H](N2CCCCC2)C1. The molecule has 0 bridgehead atoms. The van der Waals surface area contributed by atoms with E-state index in [-0.39, 0.29) is 6.03 Å². The molecule has 6 nitrogen and oxygen atoms in total. The number of hydrogen-bond acceptors (Lipinski definition) is 3. The largest absolute Gasteiger partial charge is 0.338 e. The number of amides is 2. The van der Waals surface area contributed by atoms with Crippen LogP contribution >= 0.6 is 0 Å². The zero-order valence-electron chi connectivity index (χ0n) is 12.6. The normalized spacial score (nSPS) is 23.4. The number of carbonyl (C=O) groups excluding carboxylic acids is 1. The quantitative estimate of drug-likeness (QED) is 0.877. The van der Waals surface area contributed by atoms with Crippen LogP contribution in [0.1, 0.15) is 31.2 Å². The van der Waals surface area contributed by atoms with Crippen molar-refractivity contribution in [2.75, 3.05) is 32.7 Å². The number of nitrogens with one attached hydrogen (secondary N) is 2. The fourth-order valence-corrected chi connectivity index (χ4v) is 3.35. The molecule has 2 saturated heterocycles. The summed E-state index contributed by atoms with van der Waals surface area (Å²) in [5, 5.41) is 9.71. The molecule has 2 N–H and O–H groups in total. The Morgan fingerprint density at radius 3 is 2.95 bits per heavy atom. The lowest BCUT2D eigenvalue weighted by molar-refractivity contribution is 0.161. The zero-order chi connectivity index (χ0) is 14.5. The predicted molar refractivity (Wildman–Crippen MR) is 81.1 cm³/mol. The molecule has 1 aromatic rings. The highest BCUT2D eigenvalue weighted by molar-refractivity contribution is 5.74. The second-order valence-electron chi connectivity index (χ2n) is 6.07. The number of likely N-dealkylation sites (tertiary alicyclic amines) is 2. The summed E-state index contributed by atoms with van der Waals surface area (Å²) in [6.45, 7) is 4.86. The highest BCUT2D eigenvalue weighted by atomic mass is 16.2. The Kier molecular flexibility index (Phi) is 4.75. The Labute approximate surface area is 125 Å². The maximum atomic E-state index is 12.2. The van der Waals surface area contributed by atoms with Gasteiger partial charge in [0.1, 0.15) is 0 Å². The summed E-state index contributed by atoms with van der Waals surface area (Å²) in [6, 6.07) is 0.655. The van der Waals surface area contributed by atoms with Crippen molar-refractivity contribution in [3.63, 3.8) is 0 Å². The van der Waals surface area contributed by atoms with E-state index >= 15 is 0 Å². The molecule has 2 aliphatic heterocycles. The van der Waals surface area contributed by atoms with Crippen LogP contribution in [0.4, 0.5) is 4.79 Å². The van der Waals surface area contributed by atoms with Crippen LogP contribution in [0.25, 0.3) is 0 Å². The zero-order valence-corrected chi connectivity index (χ0v) is 12.6. The van der Waals surface area contributed by atoms with Crippen LogP contribution in [-0.2, 0) is 6.42 Å².